The molecule has 0 saturated carbocycles. The third-order valence-corrected chi connectivity index (χ3v) is 5.29. The Morgan fingerprint density at radius 2 is 1.73 bits per heavy atom. The smallest absolute Gasteiger partial charge is 0.218 e. The first kappa shape index (κ1) is 22.0. The van der Waals surface area contributed by atoms with E-state index in [1.807, 2.05) is 60.7 Å². The Balaban J connectivity index is 1.78. The van der Waals surface area contributed by atoms with Crippen LogP contribution in [0.3, 0.4) is 0 Å². The molecule has 3 aromatic carbocycles. The molecule has 3 aromatic rings. The maximum atomic E-state index is 13.2. The summed E-state index contributed by atoms with van der Waals surface area (Å²) in [6, 6.07) is 23.4. The highest BCUT2D eigenvalue weighted by Gasteiger charge is 2.38. The number of benzene rings is 3. The van der Waals surface area contributed by atoms with Gasteiger partial charge in [0.2, 0.25) is 11.5 Å². The maximum absolute atomic E-state index is 13.2. The number of Topliss-reactive ketones (excluding diaryl/α,β-unsaturated/α-hetero) is 1. The zero-order valence-corrected chi connectivity index (χ0v) is 17.5. The van der Waals surface area contributed by atoms with Gasteiger partial charge in [0.15, 0.2) is 0 Å². The number of carbonyl (C=O) groups is 1. The largest absolute Gasteiger partial charge is 0.466 e. The molecule has 5 N–H and O–H groups in total. The number of rotatable bonds is 11. The van der Waals surface area contributed by atoms with Crippen molar-refractivity contribution in [3.05, 3.63) is 78.4 Å². The van der Waals surface area contributed by atoms with Gasteiger partial charge in [0.25, 0.3) is 0 Å². The highest BCUT2D eigenvalue weighted by Crippen LogP contribution is 2.24. The van der Waals surface area contributed by atoms with E-state index in [4.69, 9.17) is 16.2 Å². The quantitative estimate of drug-likeness (QED) is 0.425. The van der Waals surface area contributed by atoms with E-state index in [1.165, 1.54) is 5.56 Å². The van der Waals surface area contributed by atoms with Gasteiger partial charge in [-0.25, -0.2) is 0 Å². The molecule has 0 aliphatic heterocycles. The minimum atomic E-state index is -1.23. The average molecular weight is 406 g/mol. The van der Waals surface area contributed by atoms with Gasteiger partial charge in [-0.3, -0.25) is 10.1 Å². The number of fused-ring (bicyclic) bond motifs is 1. The molecule has 0 aromatic heterocycles. The Kier molecular flexibility index (Phi) is 7.57. The van der Waals surface area contributed by atoms with Gasteiger partial charge >= 0.3 is 0 Å². The van der Waals surface area contributed by atoms with E-state index < -0.39 is 11.8 Å². The minimum Gasteiger partial charge on any atom is -0.466 e. The Hall–Kier alpha value is -2.73. The van der Waals surface area contributed by atoms with Gasteiger partial charge < -0.3 is 16.2 Å². The lowest BCUT2D eigenvalue weighted by molar-refractivity contribution is -0.137. The topological polar surface area (TPSA) is 90.4 Å². The molecule has 0 fully saturated rings. The van der Waals surface area contributed by atoms with E-state index in [0.717, 1.165) is 17.2 Å². The summed E-state index contributed by atoms with van der Waals surface area (Å²) in [6.07, 6.45) is 2.01. The summed E-state index contributed by atoms with van der Waals surface area (Å²) < 4.78 is 6.24. The van der Waals surface area contributed by atoms with Crippen molar-refractivity contribution in [2.45, 2.75) is 38.0 Å². The van der Waals surface area contributed by atoms with Crippen LogP contribution in [-0.2, 0) is 11.2 Å². The first-order chi connectivity index (χ1) is 14.5. The number of hydrogen-bond acceptors (Lipinski definition) is 5. The second-order valence-corrected chi connectivity index (χ2v) is 7.71. The molecule has 5 heteroatoms. The van der Waals surface area contributed by atoms with Crippen LogP contribution in [0.2, 0.25) is 0 Å². The molecule has 0 saturated heterocycles. The van der Waals surface area contributed by atoms with Gasteiger partial charge in [0, 0.05) is 6.54 Å². The van der Waals surface area contributed by atoms with Crippen LogP contribution < -0.4 is 21.5 Å². The van der Waals surface area contributed by atoms with E-state index >= 15 is 0 Å². The molecule has 0 amide bonds. The van der Waals surface area contributed by atoms with Crippen LogP contribution in [0.15, 0.2) is 72.8 Å². The van der Waals surface area contributed by atoms with E-state index in [1.54, 1.807) is 6.92 Å². The number of ketones is 1. The van der Waals surface area contributed by atoms with Gasteiger partial charge in [-0.1, -0.05) is 60.7 Å². The summed E-state index contributed by atoms with van der Waals surface area (Å²) in [4.78, 5) is 13.2. The Labute approximate surface area is 178 Å². The predicted octanol–water partition coefficient (Wildman–Crippen LogP) is 3.40. The van der Waals surface area contributed by atoms with Crippen molar-refractivity contribution >= 4 is 16.6 Å². The third-order valence-electron chi connectivity index (χ3n) is 5.29. The van der Waals surface area contributed by atoms with Crippen molar-refractivity contribution in [3.63, 3.8) is 0 Å². The molecule has 158 valence electrons. The zero-order chi connectivity index (χ0) is 21.4. The number of ether oxygens (including phenoxy) is 1. The average Bonchev–Trinajstić information content (AvgIpc) is 2.77. The second-order valence-electron chi connectivity index (χ2n) is 7.71. The highest BCUT2D eigenvalue weighted by atomic mass is 16.5. The first-order valence-electron chi connectivity index (χ1n) is 10.5. The molecule has 2 atom stereocenters. The van der Waals surface area contributed by atoms with Crippen LogP contribution in [-0.4, -0.2) is 30.6 Å². The van der Waals surface area contributed by atoms with Gasteiger partial charge in [-0.15, -0.1) is 0 Å². The second kappa shape index (κ2) is 10.3. The monoisotopic (exact) mass is 405 g/mol. The molecule has 0 aliphatic carbocycles. The molecular weight excluding hydrogens is 374 g/mol. The van der Waals surface area contributed by atoms with Crippen LogP contribution in [0, 0.1) is 0 Å². The van der Waals surface area contributed by atoms with Crippen LogP contribution in [0.5, 0.6) is 5.75 Å². The van der Waals surface area contributed by atoms with Crippen molar-refractivity contribution in [1.82, 2.24) is 5.32 Å². The zero-order valence-electron chi connectivity index (χ0n) is 17.5. The number of carbonyl (C=O) groups excluding carboxylic acids is 1. The lowest BCUT2D eigenvalue weighted by Crippen LogP contribution is -2.60. The van der Waals surface area contributed by atoms with Crippen molar-refractivity contribution in [2.75, 3.05) is 13.1 Å². The summed E-state index contributed by atoms with van der Waals surface area (Å²) >= 11 is 0. The summed E-state index contributed by atoms with van der Waals surface area (Å²) in [5.41, 5.74) is 11.7. The lowest BCUT2D eigenvalue weighted by Gasteiger charge is -2.32. The molecule has 0 spiro atoms. The molecule has 3 rings (SSSR count). The molecular formula is C25H31N3O2. The Morgan fingerprint density at radius 1 is 1.03 bits per heavy atom. The van der Waals surface area contributed by atoms with E-state index in [2.05, 4.69) is 17.4 Å². The maximum Gasteiger partial charge on any atom is 0.218 e. The van der Waals surface area contributed by atoms with Crippen molar-refractivity contribution in [1.29, 1.82) is 0 Å². The Morgan fingerprint density at radius 3 is 2.47 bits per heavy atom. The highest BCUT2D eigenvalue weighted by molar-refractivity contribution is 5.91. The van der Waals surface area contributed by atoms with Gasteiger partial charge in [0.05, 0.1) is 6.04 Å². The van der Waals surface area contributed by atoms with Crippen molar-refractivity contribution in [2.24, 2.45) is 11.5 Å². The SMILES string of the molecule is CC(NCCc1ccccc1)(Oc1ccc2ccccc2c1)C(=O)C(N)CCCN. The molecule has 0 aliphatic rings. The van der Waals surface area contributed by atoms with Crippen LogP contribution in [0.1, 0.15) is 25.3 Å². The summed E-state index contributed by atoms with van der Waals surface area (Å²) in [6.45, 7) is 2.85. The fourth-order valence-corrected chi connectivity index (χ4v) is 3.55. The van der Waals surface area contributed by atoms with Crippen LogP contribution in [0.25, 0.3) is 10.8 Å². The molecule has 30 heavy (non-hydrogen) atoms. The third kappa shape index (κ3) is 5.66. The van der Waals surface area contributed by atoms with E-state index in [-0.39, 0.29) is 5.78 Å². The van der Waals surface area contributed by atoms with Crippen LogP contribution >= 0.6 is 0 Å². The molecule has 5 nitrogen and oxygen atoms in total. The fourth-order valence-electron chi connectivity index (χ4n) is 3.55. The van der Waals surface area contributed by atoms with E-state index in [9.17, 15) is 4.79 Å². The first-order valence-corrected chi connectivity index (χ1v) is 10.5. The number of nitrogens with one attached hydrogen (secondary N) is 1. The van der Waals surface area contributed by atoms with Crippen molar-refractivity contribution in [3.8, 4) is 5.75 Å². The normalized spacial score (nSPS) is 14.2. The van der Waals surface area contributed by atoms with Crippen molar-refractivity contribution < 1.29 is 9.53 Å². The molecule has 0 heterocycles. The minimum absolute atomic E-state index is 0.169. The molecule has 0 bridgehead atoms. The van der Waals surface area contributed by atoms with E-state index in [0.29, 0.717) is 31.7 Å². The fraction of sp³-hybridized carbons (Fsp3) is 0.320. The predicted molar refractivity (Wildman–Crippen MR) is 122 cm³/mol. The molecule has 0 radical (unpaired) electrons. The molecule has 2 unspecified atom stereocenters. The summed E-state index contributed by atoms with van der Waals surface area (Å²) in [5.74, 6) is 0.458. The Bertz CT molecular complexity index is 961. The van der Waals surface area contributed by atoms with Crippen LogP contribution in [0.4, 0.5) is 0 Å². The number of nitrogens with two attached hydrogens (primary N) is 2. The summed E-state index contributed by atoms with van der Waals surface area (Å²) in [7, 11) is 0. The lowest BCUT2D eigenvalue weighted by atomic mass is 9.98. The standard InChI is InChI=1S/C25H31N3O2/c1-25(24(29)23(27)12-7-16-26,28-17-15-19-8-3-2-4-9-19)30-22-14-13-20-10-5-6-11-21(20)18-22/h2-6,8-11,13-14,18,23,28H,7,12,15-17,26-27H2,1H3. The number of hydrogen-bond donors (Lipinski definition) is 3. The van der Waals surface area contributed by atoms with Gasteiger partial charge in [-0.05, 0) is 61.2 Å². The van der Waals surface area contributed by atoms with Gasteiger partial charge in [0.1, 0.15) is 5.75 Å². The van der Waals surface area contributed by atoms with Gasteiger partial charge in [-0.2, -0.15) is 0 Å². The summed E-state index contributed by atoms with van der Waals surface area (Å²) in [5, 5.41) is 5.49.